The Bertz CT molecular complexity index is 431. The van der Waals surface area contributed by atoms with Crippen LogP contribution in [0.5, 0.6) is 0 Å². The minimum Gasteiger partial charge on any atom is -0.479 e. The molecule has 0 spiro atoms. The van der Waals surface area contributed by atoms with Gasteiger partial charge in [0.2, 0.25) is 0 Å². The molecule has 0 saturated carbocycles. The van der Waals surface area contributed by atoms with E-state index in [9.17, 15) is 9.59 Å². The highest BCUT2D eigenvalue weighted by Crippen LogP contribution is 2.17. The lowest BCUT2D eigenvalue weighted by molar-refractivity contribution is -0.146. The van der Waals surface area contributed by atoms with Crippen molar-refractivity contribution in [3.63, 3.8) is 0 Å². The Morgan fingerprint density at radius 3 is 2.50 bits per heavy atom. The monoisotopic (exact) mass is 224 g/mol. The molecule has 0 amide bonds. The number of hydrogen-bond acceptors (Lipinski definition) is 5. The first-order valence-electron chi connectivity index (χ1n) is 4.50. The number of nitrogen functional groups attached to an aromatic ring is 2. The van der Waals surface area contributed by atoms with Crippen LogP contribution in [0.1, 0.15) is 17.3 Å². The van der Waals surface area contributed by atoms with Gasteiger partial charge in [-0.2, -0.15) is 0 Å². The normalized spacial score (nSPS) is 11.8. The molecule has 5 N–H and O–H groups in total. The van der Waals surface area contributed by atoms with Gasteiger partial charge in [-0.15, -0.1) is 0 Å². The summed E-state index contributed by atoms with van der Waals surface area (Å²) >= 11 is 0. The van der Waals surface area contributed by atoms with E-state index in [2.05, 4.69) is 4.74 Å². The molecule has 16 heavy (non-hydrogen) atoms. The lowest BCUT2D eigenvalue weighted by Crippen LogP contribution is -2.24. The molecular weight excluding hydrogens is 212 g/mol. The Morgan fingerprint density at radius 2 is 2.00 bits per heavy atom. The van der Waals surface area contributed by atoms with E-state index in [0.717, 1.165) is 0 Å². The molecule has 1 rings (SSSR count). The Balaban J connectivity index is 2.85. The van der Waals surface area contributed by atoms with E-state index in [-0.39, 0.29) is 11.3 Å². The molecule has 1 atom stereocenters. The number of hydrogen-bond donors (Lipinski definition) is 3. The van der Waals surface area contributed by atoms with Crippen LogP contribution in [0.2, 0.25) is 0 Å². The van der Waals surface area contributed by atoms with E-state index in [4.69, 9.17) is 16.6 Å². The summed E-state index contributed by atoms with van der Waals surface area (Å²) < 4.78 is 4.66. The molecule has 86 valence electrons. The van der Waals surface area contributed by atoms with Crippen molar-refractivity contribution >= 4 is 23.3 Å². The molecule has 1 aromatic carbocycles. The van der Waals surface area contributed by atoms with Gasteiger partial charge in [0.1, 0.15) is 0 Å². The predicted octanol–water partition coefficient (Wildman–Crippen LogP) is 0.481. The fourth-order valence-electron chi connectivity index (χ4n) is 1.04. The number of carboxylic acid groups (broad SMARTS) is 1. The molecule has 0 bridgehead atoms. The second-order valence-corrected chi connectivity index (χ2v) is 3.23. The van der Waals surface area contributed by atoms with Crippen LogP contribution in [0.4, 0.5) is 11.4 Å². The second-order valence-electron chi connectivity index (χ2n) is 3.23. The molecule has 6 heteroatoms. The van der Waals surface area contributed by atoms with Gasteiger partial charge in [-0.05, 0) is 25.1 Å². The molecule has 1 aromatic rings. The summed E-state index contributed by atoms with van der Waals surface area (Å²) in [5, 5.41) is 8.56. The van der Waals surface area contributed by atoms with Crippen LogP contribution in [0.25, 0.3) is 0 Å². The number of carbonyl (C=O) groups excluding carboxylic acids is 1. The number of carboxylic acids is 1. The first-order chi connectivity index (χ1) is 7.41. The maximum Gasteiger partial charge on any atom is 0.344 e. The van der Waals surface area contributed by atoms with Gasteiger partial charge in [0.25, 0.3) is 0 Å². The van der Waals surface area contributed by atoms with Crippen molar-refractivity contribution < 1.29 is 19.4 Å². The molecule has 0 aliphatic carbocycles. The number of esters is 1. The largest absolute Gasteiger partial charge is 0.479 e. The van der Waals surface area contributed by atoms with Crippen molar-refractivity contribution in [3.8, 4) is 0 Å². The minimum absolute atomic E-state index is 0.0994. The van der Waals surface area contributed by atoms with E-state index in [0.29, 0.717) is 5.69 Å². The van der Waals surface area contributed by atoms with Gasteiger partial charge in [0, 0.05) is 11.4 Å². The summed E-state index contributed by atoms with van der Waals surface area (Å²) in [5.41, 5.74) is 11.7. The molecule has 6 nitrogen and oxygen atoms in total. The zero-order valence-electron chi connectivity index (χ0n) is 8.64. The number of nitrogens with two attached hydrogens (primary N) is 2. The zero-order chi connectivity index (χ0) is 12.3. The summed E-state index contributed by atoms with van der Waals surface area (Å²) in [6.07, 6.45) is -1.22. The van der Waals surface area contributed by atoms with Gasteiger partial charge in [0.05, 0.1) is 5.56 Å². The standard InChI is InChI=1S/C10H12N2O4/c1-5(9(13)14)16-10(15)7-3-2-6(11)4-8(7)12/h2-5H,11-12H2,1H3,(H,13,14). The maximum absolute atomic E-state index is 11.5. The summed E-state index contributed by atoms with van der Waals surface area (Å²) in [6, 6.07) is 4.28. The number of benzene rings is 1. The molecule has 0 aliphatic heterocycles. The van der Waals surface area contributed by atoms with Crippen LogP contribution in [0, 0.1) is 0 Å². The van der Waals surface area contributed by atoms with Gasteiger partial charge in [-0.3, -0.25) is 0 Å². The number of aliphatic carboxylic acids is 1. The number of anilines is 2. The van der Waals surface area contributed by atoms with Crippen molar-refractivity contribution in [2.75, 3.05) is 11.5 Å². The zero-order valence-corrected chi connectivity index (χ0v) is 8.64. The molecule has 0 aromatic heterocycles. The molecule has 0 saturated heterocycles. The van der Waals surface area contributed by atoms with Crippen molar-refractivity contribution in [1.82, 2.24) is 0 Å². The third-order valence-corrected chi connectivity index (χ3v) is 1.93. The highest BCUT2D eigenvalue weighted by atomic mass is 16.6. The van der Waals surface area contributed by atoms with Crippen LogP contribution in [-0.4, -0.2) is 23.1 Å². The fourth-order valence-corrected chi connectivity index (χ4v) is 1.04. The summed E-state index contributed by atoms with van der Waals surface area (Å²) in [5.74, 6) is -2.00. The Kier molecular flexibility index (Phi) is 3.34. The smallest absolute Gasteiger partial charge is 0.344 e. The van der Waals surface area contributed by atoms with Gasteiger partial charge in [-0.1, -0.05) is 0 Å². The van der Waals surface area contributed by atoms with E-state index in [1.54, 1.807) is 0 Å². The third kappa shape index (κ3) is 2.63. The van der Waals surface area contributed by atoms with Crippen molar-refractivity contribution in [3.05, 3.63) is 23.8 Å². The molecular formula is C10H12N2O4. The number of carbonyl (C=O) groups is 2. The summed E-state index contributed by atoms with van der Waals surface area (Å²) in [4.78, 5) is 22.0. The van der Waals surface area contributed by atoms with Crippen LogP contribution in [0.15, 0.2) is 18.2 Å². The second kappa shape index (κ2) is 4.52. The Hall–Kier alpha value is -2.24. The SMILES string of the molecule is CC(OC(=O)c1ccc(N)cc1N)C(=O)O. The van der Waals surface area contributed by atoms with Crippen molar-refractivity contribution in [2.24, 2.45) is 0 Å². The Morgan fingerprint density at radius 1 is 1.38 bits per heavy atom. The van der Waals surface area contributed by atoms with Gasteiger partial charge in [-0.25, -0.2) is 9.59 Å². The van der Waals surface area contributed by atoms with E-state index >= 15 is 0 Å². The molecule has 0 heterocycles. The highest BCUT2D eigenvalue weighted by molar-refractivity contribution is 5.96. The molecule has 0 radical (unpaired) electrons. The van der Waals surface area contributed by atoms with Crippen LogP contribution in [0.3, 0.4) is 0 Å². The summed E-state index contributed by atoms with van der Waals surface area (Å²) in [6.45, 7) is 1.26. The average Bonchev–Trinajstić information content (AvgIpc) is 2.16. The predicted molar refractivity (Wildman–Crippen MR) is 57.8 cm³/mol. The lowest BCUT2D eigenvalue weighted by Gasteiger charge is -2.10. The van der Waals surface area contributed by atoms with Crippen LogP contribution >= 0.6 is 0 Å². The van der Waals surface area contributed by atoms with Gasteiger partial charge < -0.3 is 21.3 Å². The molecule has 1 unspecified atom stereocenters. The fraction of sp³-hybridized carbons (Fsp3) is 0.200. The number of ether oxygens (including phenoxy) is 1. The quantitative estimate of drug-likeness (QED) is 0.508. The maximum atomic E-state index is 11.5. The first kappa shape index (κ1) is 11.8. The average molecular weight is 224 g/mol. The van der Waals surface area contributed by atoms with Gasteiger partial charge in [0.15, 0.2) is 6.10 Å². The third-order valence-electron chi connectivity index (χ3n) is 1.93. The number of rotatable bonds is 3. The highest BCUT2D eigenvalue weighted by Gasteiger charge is 2.19. The lowest BCUT2D eigenvalue weighted by atomic mass is 10.1. The Labute approximate surface area is 91.8 Å². The van der Waals surface area contributed by atoms with Crippen LogP contribution < -0.4 is 11.5 Å². The minimum atomic E-state index is -1.22. The van der Waals surface area contributed by atoms with E-state index < -0.39 is 18.0 Å². The first-order valence-corrected chi connectivity index (χ1v) is 4.50. The van der Waals surface area contributed by atoms with Crippen molar-refractivity contribution in [1.29, 1.82) is 0 Å². The topological polar surface area (TPSA) is 116 Å². The van der Waals surface area contributed by atoms with E-state index in [1.807, 2.05) is 0 Å². The molecule has 0 fully saturated rings. The van der Waals surface area contributed by atoms with E-state index in [1.165, 1.54) is 25.1 Å². The van der Waals surface area contributed by atoms with Crippen molar-refractivity contribution in [2.45, 2.75) is 13.0 Å². The summed E-state index contributed by atoms with van der Waals surface area (Å²) in [7, 11) is 0. The van der Waals surface area contributed by atoms with Crippen LogP contribution in [-0.2, 0) is 9.53 Å². The molecule has 0 aliphatic rings. The van der Waals surface area contributed by atoms with Gasteiger partial charge >= 0.3 is 11.9 Å².